The first kappa shape index (κ1) is 17.0. The fraction of sp³-hybridized carbons (Fsp3) is 0.556. The molecule has 0 spiro atoms. The normalized spacial score (nSPS) is 13.9. The molecule has 0 N–H and O–H groups in total. The van der Waals surface area contributed by atoms with Gasteiger partial charge in [-0.2, -0.15) is 0 Å². The van der Waals surface area contributed by atoms with Crippen molar-refractivity contribution in [1.82, 2.24) is 0 Å². The Bertz CT molecular complexity index is 313. The topological polar surface area (TPSA) is 0 Å². The van der Waals surface area contributed by atoms with Crippen LogP contribution >= 0.6 is 0 Å². The van der Waals surface area contributed by atoms with Crippen LogP contribution in [0.1, 0.15) is 66.2 Å². The molecular formula is C18H30. The molecule has 0 aliphatic heterocycles. The number of hydrogen-bond acceptors (Lipinski definition) is 0. The lowest BCUT2D eigenvalue weighted by atomic mass is 10.0. The van der Waals surface area contributed by atoms with E-state index < -0.39 is 0 Å². The zero-order chi connectivity index (χ0) is 13.8. The maximum atomic E-state index is 3.83. The van der Waals surface area contributed by atoms with Gasteiger partial charge < -0.3 is 0 Å². The third kappa shape index (κ3) is 8.11. The van der Waals surface area contributed by atoms with Crippen LogP contribution in [0, 0.1) is 0 Å². The molecule has 0 atom stereocenters. The minimum Gasteiger partial charge on any atom is -0.0988 e. The first-order valence-electron chi connectivity index (χ1n) is 7.32. The van der Waals surface area contributed by atoms with Gasteiger partial charge in [0.25, 0.3) is 0 Å². The van der Waals surface area contributed by atoms with E-state index in [4.69, 9.17) is 0 Å². The molecule has 0 aromatic rings. The van der Waals surface area contributed by atoms with Crippen molar-refractivity contribution in [1.29, 1.82) is 0 Å². The summed E-state index contributed by atoms with van der Waals surface area (Å²) >= 11 is 0. The van der Waals surface area contributed by atoms with Crippen LogP contribution in [0.25, 0.3) is 0 Å². The standard InChI is InChI=1S/C18H30/c1-6-16(5)12-10-14-18(9-4)15-11-13-17(7-2)8-3/h7,12-13,15H,2,6,8-11,14H2,1,3-5H3. The highest BCUT2D eigenvalue weighted by atomic mass is 14.0. The molecule has 0 radical (unpaired) electrons. The van der Waals surface area contributed by atoms with E-state index in [-0.39, 0.29) is 0 Å². The monoisotopic (exact) mass is 246 g/mol. The fourth-order valence-corrected chi connectivity index (χ4v) is 1.82. The van der Waals surface area contributed by atoms with Gasteiger partial charge in [-0.3, -0.25) is 0 Å². The first-order valence-corrected chi connectivity index (χ1v) is 7.32. The largest absolute Gasteiger partial charge is 0.0988 e. The van der Waals surface area contributed by atoms with Crippen molar-refractivity contribution < 1.29 is 0 Å². The van der Waals surface area contributed by atoms with Crippen LogP contribution in [-0.2, 0) is 0 Å². The minimum atomic E-state index is 1.05. The van der Waals surface area contributed by atoms with Crippen molar-refractivity contribution in [2.24, 2.45) is 0 Å². The fourth-order valence-electron chi connectivity index (χ4n) is 1.82. The summed E-state index contributed by atoms with van der Waals surface area (Å²) in [4.78, 5) is 0. The smallest absolute Gasteiger partial charge is 0.0161 e. The molecule has 0 aliphatic rings. The molecule has 0 saturated heterocycles. The third-order valence-electron chi connectivity index (χ3n) is 3.43. The van der Waals surface area contributed by atoms with Crippen LogP contribution in [0.4, 0.5) is 0 Å². The summed E-state index contributed by atoms with van der Waals surface area (Å²) in [5.74, 6) is 0. The summed E-state index contributed by atoms with van der Waals surface area (Å²) < 4.78 is 0. The lowest BCUT2D eigenvalue weighted by molar-refractivity contribution is 0.887. The van der Waals surface area contributed by atoms with Crippen LogP contribution in [0.2, 0.25) is 0 Å². The van der Waals surface area contributed by atoms with E-state index in [1.54, 1.807) is 5.57 Å². The van der Waals surface area contributed by atoms with E-state index in [2.05, 4.69) is 52.5 Å². The Morgan fingerprint density at radius 2 is 1.67 bits per heavy atom. The van der Waals surface area contributed by atoms with Crippen molar-refractivity contribution in [3.63, 3.8) is 0 Å². The number of rotatable bonds is 9. The molecule has 0 aliphatic carbocycles. The molecular weight excluding hydrogens is 216 g/mol. The molecule has 0 bridgehead atoms. The van der Waals surface area contributed by atoms with Gasteiger partial charge in [-0.05, 0) is 45.4 Å². The van der Waals surface area contributed by atoms with Crippen molar-refractivity contribution in [2.75, 3.05) is 0 Å². The Morgan fingerprint density at radius 3 is 2.17 bits per heavy atom. The van der Waals surface area contributed by atoms with E-state index in [9.17, 15) is 0 Å². The SMILES string of the molecule is C=CC(=CCC=C(CC)CCC=C(C)CC)CC. The molecule has 0 saturated carbocycles. The van der Waals surface area contributed by atoms with Gasteiger partial charge in [0.15, 0.2) is 0 Å². The summed E-state index contributed by atoms with van der Waals surface area (Å²) in [6.45, 7) is 12.7. The number of allylic oxidation sites excluding steroid dienone is 7. The highest BCUT2D eigenvalue weighted by Crippen LogP contribution is 2.14. The summed E-state index contributed by atoms with van der Waals surface area (Å²) in [5.41, 5.74) is 4.43. The highest BCUT2D eigenvalue weighted by molar-refractivity contribution is 5.17. The van der Waals surface area contributed by atoms with Crippen molar-refractivity contribution in [3.8, 4) is 0 Å². The van der Waals surface area contributed by atoms with Gasteiger partial charge in [-0.1, -0.05) is 68.4 Å². The maximum absolute atomic E-state index is 3.83. The Hall–Kier alpha value is -1.04. The van der Waals surface area contributed by atoms with E-state index >= 15 is 0 Å². The Morgan fingerprint density at radius 1 is 0.944 bits per heavy atom. The Balaban J connectivity index is 4.24. The summed E-state index contributed by atoms with van der Waals surface area (Å²) in [7, 11) is 0. The second kappa shape index (κ2) is 11.1. The second-order valence-electron chi connectivity index (χ2n) is 4.73. The van der Waals surface area contributed by atoms with Gasteiger partial charge in [0.05, 0.1) is 0 Å². The zero-order valence-corrected chi connectivity index (χ0v) is 12.8. The molecule has 0 nitrogen and oxygen atoms in total. The molecule has 0 aromatic carbocycles. The Labute approximate surface area is 114 Å². The molecule has 18 heavy (non-hydrogen) atoms. The van der Waals surface area contributed by atoms with E-state index in [0.29, 0.717) is 0 Å². The van der Waals surface area contributed by atoms with Crippen LogP contribution in [0.5, 0.6) is 0 Å². The molecule has 0 rings (SSSR count). The summed E-state index contributed by atoms with van der Waals surface area (Å²) in [5, 5.41) is 0. The van der Waals surface area contributed by atoms with Gasteiger partial charge >= 0.3 is 0 Å². The predicted molar refractivity (Wildman–Crippen MR) is 84.8 cm³/mol. The van der Waals surface area contributed by atoms with Crippen molar-refractivity contribution in [3.05, 3.63) is 47.6 Å². The summed E-state index contributed by atoms with van der Waals surface area (Å²) in [6.07, 6.45) is 15.9. The molecule has 0 heteroatoms. The lowest BCUT2D eigenvalue weighted by Gasteiger charge is -2.03. The van der Waals surface area contributed by atoms with E-state index in [1.165, 1.54) is 36.8 Å². The van der Waals surface area contributed by atoms with Gasteiger partial charge in [-0.15, -0.1) is 0 Å². The second-order valence-corrected chi connectivity index (χ2v) is 4.73. The predicted octanol–water partition coefficient (Wildman–Crippen LogP) is 6.37. The summed E-state index contributed by atoms with van der Waals surface area (Å²) in [6, 6.07) is 0. The molecule has 0 heterocycles. The lowest BCUT2D eigenvalue weighted by Crippen LogP contribution is -1.83. The van der Waals surface area contributed by atoms with E-state index in [1.807, 2.05) is 6.08 Å². The van der Waals surface area contributed by atoms with Crippen molar-refractivity contribution >= 4 is 0 Å². The molecule has 0 unspecified atom stereocenters. The highest BCUT2D eigenvalue weighted by Gasteiger charge is 1.93. The van der Waals surface area contributed by atoms with Gasteiger partial charge in [0.1, 0.15) is 0 Å². The van der Waals surface area contributed by atoms with Gasteiger partial charge in [0, 0.05) is 0 Å². The van der Waals surface area contributed by atoms with Crippen LogP contribution in [-0.4, -0.2) is 0 Å². The number of hydrogen-bond donors (Lipinski definition) is 0. The average Bonchev–Trinajstić information content (AvgIpc) is 2.41. The zero-order valence-electron chi connectivity index (χ0n) is 12.8. The van der Waals surface area contributed by atoms with Crippen LogP contribution in [0.15, 0.2) is 47.6 Å². The van der Waals surface area contributed by atoms with Gasteiger partial charge in [-0.25, -0.2) is 0 Å². The molecule has 0 aromatic heterocycles. The Kier molecular flexibility index (Phi) is 10.4. The first-order chi connectivity index (χ1) is 8.67. The molecule has 0 amide bonds. The van der Waals surface area contributed by atoms with Crippen LogP contribution in [0.3, 0.4) is 0 Å². The minimum absolute atomic E-state index is 1.05. The third-order valence-corrected chi connectivity index (χ3v) is 3.43. The maximum Gasteiger partial charge on any atom is -0.0161 e. The van der Waals surface area contributed by atoms with Crippen LogP contribution < -0.4 is 0 Å². The average molecular weight is 246 g/mol. The van der Waals surface area contributed by atoms with E-state index in [0.717, 1.165) is 12.8 Å². The van der Waals surface area contributed by atoms with Gasteiger partial charge in [0.2, 0.25) is 0 Å². The quantitative estimate of drug-likeness (QED) is 0.327. The molecule has 0 fully saturated rings. The van der Waals surface area contributed by atoms with Crippen molar-refractivity contribution in [2.45, 2.75) is 66.2 Å². The molecule has 102 valence electrons.